The molecule has 0 bridgehead atoms. The molecule has 1 aliphatic rings. The van der Waals surface area contributed by atoms with Crippen LogP contribution in [0.3, 0.4) is 0 Å². The van der Waals surface area contributed by atoms with Crippen molar-refractivity contribution in [2.45, 2.75) is 46.3 Å². The standard InChI is InChI=1S/C27H28N2O5/c1-16(2)15-22(30)24-25(20-7-5-6-8-23(20)34-17(3)4)29(27(32)26(24)31)19-11-9-18(10-12-19)21-13-14-33-28-21/h5-14,16-17,25,31H,15H2,1-4H3. The van der Waals surface area contributed by atoms with Crippen LogP contribution in [0.15, 0.2) is 76.7 Å². The summed E-state index contributed by atoms with van der Waals surface area (Å²) in [5, 5.41) is 14.8. The fraction of sp³-hybridized carbons (Fsp3) is 0.296. The van der Waals surface area contributed by atoms with E-state index in [1.54, 1.807) is 18.2 Å². The van der Waals surface area contributed by atoms with Gasteiger partial charge in [-0.15, -0.1) is 0 Å². The number of benzene rings is 2. The van der Waals surface area contributed by atoms with Crippen molar-refractivity contribution in [3.8, 4) is 17.0 Å². The Balaban J connectivity index is 1.83. The zero-order valence-corrected chi connectivity index (χ0v) is 19.7. The predicted molar refractivity (Wildman–Crippen MR) is 128 cm³/mol. The first-order chi connectivity index (χ1) is 16.3. The molecule has 0 saturated carbocycles. The van der Waals surface area contributed by atoms with E-state index in [2.05, 4.69) is 5.16 Å². The third-order valence-corrected chi connectivity index (χ3v) is 5.56. The fourth-order valence-electron chi connectivity index (χ4n) is 4.15. The quantitative estimate of drug-likeness (QED) is 0.467. The Labute approximate surface area is 198 Å². The number of hydrogen-bond donors (Lipinski definition) is 1. The number of amides is 1. The van der Waals surface area contributed by atoms with Crippen LogP contribution in [0.25, 0.3) is 11.3 Å². The van der Waals surface area contributed by atoms with Crippen LogP contribution < -0.4 is 9.64 Å². The lowest BCUT2D eigenvalue weighted by Crippen LogP contribution is -2.31. The molecule has 3 aromatic rings. The summed E-state index contributed by atoms with van der Waals surface area (Å²) in [7, 11) is 0. The summed E-state index contributed by atoms with van der Waals surface area (Å²) in [6, 6.07) is 15.4. The third-order valence-electron chi connectivity index (χ3n) is 5.56. The summed E-state index contributed by atoms with van der Waals surface area (Å²) in [4.78, 5) is 28.1. The van der Waals surface area contributed by atoms with Gasteiger partial charge < -0.3 is 14.4 Å². The topological polar surface area (TPSA) is 92.9 Å². The molecule has 7 nitrogen and oxygen atoms in total. The molecule has 1 N–H and O–H groups in total. The molecule has 1 atom stereocenters. The smallest absolute Gasteiger partial charge is 0.294 e. The first kappa shape index (κ1) is 23.3. The zero-order valence-electron chi connectivity index (χ0n) is 19.7. The van der Waals surface area contributed by atoms with Gasteiger partial charge in [0.25, 0.3) is 5.91 Å². The van der Waals surface area contributed by atoms with Gasteiger partial charge in [-0.1, -0.05) is 49.3 Å². The highest BCUT2D eigenvalue weighted by Gasteiger charge is 2.45. The number of aliphatic hydroxyl groups is 1. The molecule has 1 amide bonds. The van der Waals surface area contributed by atoms with Crippen LogP contribution in [-0.2, 0) is 9.59 Å². The van der Waals surface area contributed by atoms with E-state index in [1.165, 1.54) is 11.2 Å². The van der Waals surface area contributed by atoms with Crippen molar-refractivity contribution in [2.75, 3.05) is 4.90 Å². The van der Waals surface area contributed by atoms with Gasteiger partial charge in [0, 0.05) is 29.3 Å². The lowest BCUT2D eigenvalue weighted by Gasteiger charge is -2.29. The van der Waals surface area contributed by atoms with Crippen molar-refractivity contribution in [2.24, 2.45) is 5.92 Å². The molecule has 7 heteroatoms. The molecule has 0 fully saturated rings. The van der Waals surface area contributed by atoms with Crippen molar-refractivity contribution in [1.29, 1.82) is 0 Å². The van der Waals surface area contributed by atoms with E-state index >= 15 is 0 Å². The maximum absolute atomic E-state index is 13.3. The monoisotopic (exact) mass is 460 g/mol. The average molecular weight is 461 g/mol. The second kappa shape index (κ2) is 9.55. The number of carbonyl (C=O) groups is 2. The van der Waals surface area contributed by atoms with Crippen LogP contribution in [0.4, 0.5) is 5.69 Å². The molecule has 4 rings (SSSR count). The Morgan fingerprint density at radius 3 is 2.41 bits per heavy atom. The number of carbonyl (C=O) groups excluding carboxylic acids is 2. The molecule has 0 spiro atoms. The number of para-hydroxylation sites is 1. The molecule has 34 heavy (non-hydrogen) atoms. The molecule has 1 unspecified atom stereocenters. The normalized spacial score (nSPS) is 16.1. The second-order valence-corrected chi connectivity index (χ2v) is 9.00. The van der Waals surface area contributed by atoms with E-state index in [1.807, 2.05) is 64.1 Å². The Hall–Kier alpha value is -3.87. The first-order valence-corrected chi connectivity index (χ1v) is 11.3. The molecule has 2 aromatic carbocycles. The van der Waals surface area contributed by atoms with Gasteiger partial charge in [0.05, 0.1) is 17.7 Å². The van der Waals surface area contributed by atoms with Gasteiger partial charge in [-0.25, -0.2) is 0 Å². The van der Waals surface area contributed by atoms with Crippen LogP contribution in [-0.4, -0.2) is 28.1 Å². The zero-order chi connectivity index (χ0) is 24.4. The number of anilines is 1. The molecule has 176 valence electrons. The number of Topliss-reactive ketones (excluding diaryl/α,β-unsaturated/α-hetero) is 1. The van der Waals surface area contributed by atoms with Crippen LogP contribution in [0.5, 0.6) is 5.75 Å². The number of aliphatic hydroxyl groups excluding tert-OH is 1. The predicted octanol–water partition coefficient (Wildman–Crippen LogP) is 5.64. The van der Waals surface area contributed by atoms with Crippen molar-refractivity contribution in [1.82, 2.24) is 5.16 Å². The maximum atomic E-state index is 13.3. The van der Waals surface area contributed by atoms with Crippen molar-refractivity contribution in [3.05, 3.63) is 77.8 Å². The largest absolute Gasteiger partial charge is 0.503 e. The lowest BCUT2D eigenvalue weighted by atomic mass is 9.91. The molecule has 0 radical (unpaired) electrons. The van der Waals surface area contributed by atoms with E-state index in [0.29, 0.717) is 22.7 Å². The molecule has 1 aromatic heterocycles. The average Bonchev–Trinajstić information content (AvgIpc) is 3.41. The minimum absolute atomic E-state index is 0.0708. The van der Waals surface area contributed by atoms with Crippen molar-refractivity contribution >= 4 is 17.4 Å². The SMILES string of the molecule is CC(C)CC(=O)C1=C(O)C(=O)N(c2ccc(-c3ccon3)cc2)C1c1ccccc1OC(C)C. The Kier molecular flexibility index (Phi) is 6.54. The number of aromatic nitrogens is 1. The van der Waals surface area contributed by atoms with Gasteiger partial charge in [-0.3, -0.25) is 14.5 Å². The summed E-state index contributed by atoms with van der Waals surface area (Å²) in [6.07, 6.45) is 1.60. The molecule has 1 aliphatic heterocycles. The number of rotatable bonds is 8. The van der Waals surface area contributed by atoms with E-state index in [4.69, 9.17) is 9.26 Å². The minimum atomic E-state index is -0.813. The van der Waals surface area contributed by atoms with E-state index in [-0.39, 0.29) is 29.8 Å². The van der Waals surface area contributed by atoms with E-state index in [9.17, 15) is 14.7 Å². The molecule has 2 heterocycles. The summed E-state index contributed by atoms with van der Waals surface area (Å²) in [5.41, 5.74) is 2.76. The van der Waals surface area contributed by atoms with Gasteiger partial charge >= 0.3 is 0 Å². The molecule has 0 aliphatic carbocycles. The summed E-state index contributed by atoms with van der Waals surface area (Å²) < 4.78 is 10.9. The van der Waals surface area contributed by atoms with E-state index in [0.717, 1.165) is 5.56 Å². The number of hydrogen-bond acceptors (Lipinski definition) is 6. The second-order valence-electron chi connectivity index (χ2n) is 9.00. The highest BCUT2D eigenvalue weighted by atomic mass is 16.5. The first-order valence-electron chi connectivity index (χ1n) is 11.3. The van der Waals surface area contributed by atoms with E-state index < -0.39 is 17.7 Å². The summed E-state index contributed by atoms with van der Waals surface area (Å²) >= 11 is 0. The number of ether oxygens (including phenoxy) is 1. The maximum Gasteiger partial charge on any atom is 0.294 e. The van der Waals surface area contributed by atoms with Crippen molar-refractivity contribution < 1.29 is 24.0 Å². The Bertz CT molecular complexity index is 1210. The van der Waals surface area contributed by atoms with Crippen LogP contribution in [0.2, 0.25) is 0 Å². The van der Waals surface area contributed by atoms with Gasteiger partial charge in [-0.2, -0.15) is 0 Å². The lowest BCUT2D eigenvalue weighted by molar-refractivity contribution is -0.118. The van der Waals surface area contributed by atoms with Gasteiger partial charge in [0.2, 0.25) is 0 Å². The highest BCUT2D eigenvalue weighted by molar-refractivity contribution is 6.16. The van der Waals surface area contributed by atoms with Crippen LogP contribution >= 0.6 is 0 Å². The van der Waals surface area contributed by atoms with Gasteiger partial charge in [0.15, 0.2) is 11.5 Å². The minimum Gasteiger partial charge on any atom is -0.503 e. The summed E-state index contributed by atoms with van der Waals surface area (Å²) in [5.74, 6) is -0.765. The Morgan fingerprint density at radius 2 is 1.79 bits per heavy atom. The molecular formula is C27H28N2O5. The number of nitrogens with zero attached hydrogens (tertiary/aromatic N) is 2. The molecule has 0 saturated heterocycles. The highest BCUT2D eigenvalue weighted by Crippen LogP contribution is 2.44. The van der Waals surface area contributed by atoms with Crippen molar-refractivity contribution in [3.63, 3.8) is 0 Å². The van der Waals surface area contributed by atoms with Gasteiger partial charge in [0.1, 0.15) is 17.7 Å². The Morgan fingerprint density at radius 1 is 1.09 bits per heavy atom. The third kappa shape index (κ3) is 4.46. The summed E-state index contributed by atoms with van der Waals surface area (Å²) in [6.45, 7) is 7.68. The van der Waals surface area contributed by atoms with Crippen LogP contribution in [0, 0.1) is 5.92 Å². The van der Waals surface area contributed by atoms with Gasteiger partial charge in [-0.05, 0) is 38.0 Å². The number of ketones is 1. The van der Waals surface area contributed by atoms with Crippen LogP contribution in [0.1, 0.15) is 45.7 Å². The fourth-order valence-corrected chi connectivity index (χ4v) is 4.15. The molecular weight excluding hydrogens is 432 g/mol.